The second kappa shape index (κ2) is 5.92. The predicted molar refractivity (Wildman–Crippen MR) is 92.4 cm³/mol. The summed E-state index contributed by atoms with van der Waals surface area (Å²) in [5.41, 5.74) is 3.68. The molecule has 0 aliphatic heterocycles. The van der Waals surface area contributed by atoms with Crippen LogP contribution in [0, 0.1) is 0 Å². The SMILES string of the molecule is O=C(CCc1c[nH]c2ccccc12)N[C@H]1C[C@@H]1c1ccccc1. The van der Waals surface area contributed by atoms with E-state index in [9.17, 15) is 4.79 Å². The highest BCUT2D eigenvalue weighted by Crippen LogP contribution is 2.40. The van der Waals surface area contributed by atoms with Crippen molar-refractivity contribution in [3.05, 3.63) is 71.9 Å². The minimum Gasteiger partial charge on any atom is -0.361 e. The van der Waals surface area contributed by atoms with E-state index in [2.05, 4.69) is 46.7 Å². The Labute approximate surface area is 135 Å². The first-order valence-corrected chi connectivity index (χ1v) is 8.20. The van der Waals surface area contributed by atoms with Crippen LogP contribution in [0.2, 0.25) is 0 Å². The van der Waals surface area contributed by atoms with Crippen molar-refractivity contribution in [1.29, 1.82) is 0 Å². The van der Waals surface area contributed by atoms with Gasteiger partial charge in [-0.25, -0.2) is 0 Å². The number of carbonyl (C=O) groups excluding carboxylic acids is 1. The van der Waals surface area contributed by atoms with E-state index < -0.39 is 0 Å². The standard InChI is InChI=1S/C20H20N2O/c23-20(22-19-12-17(19)14-6-2-1-3-7-14)11-10-15-13-21-18-9-5-4-8-16(15)18/h1-9,13,17,19,21H,10-12H2,(H,22,23)/t17-,19+/m1/s1. The number of nitrogens with one attached hydrogen (secondary N) is 2. The molecule has 3 aromatic rings. The van der Waals surface area contributed by atoms with E-state index in [-0.39, 0.29) is 5.91 Å². The monoisotopic (exact) mass is 304 g/mol. The lowest BCUT2D eigenvalue weighted by Crippen LogP contribution is -2.26. The van der Waals surface area contributed by atoms with Crippen LogP contribution < -0.4 is 5.32 Å². The third-order valence-electron chi connectivity index (χ3n) is 4.66. The molecule has 1 saturated carbocycles. The van der Waals surface area contributed by atoms with Gasteiger partial charge in [-0.1, -0.05) is 48.5 Å². The zero-order chi connectivity index (χ0) is 15.6. The summed E-state index contributed by atoms with van der Waals surface area (Å²) in [5.74, 6) is 0.645. The number of H-pyrrole nitrogens is 1. The van der Waals surface area contributed by atoms with Crippen LogP contribution in [0.3, 0.4) is 0 Å². The number of amides is 1. The molecule has 0 spiro atoms. The van der Waals surface area contributed by atoms with Gasteiger partial charge in [-0.05, 0) is 30.0 Å². The maximum absolute atomic E-state index is 12.2. The minimum absolute atomic E-state index is 0.152. The number of aromatic amines is 1. The van der Waals surface area contributed by atoms with Gasteiger partial charge in [0.15, 0.2) is 0 Å². The van der Waals surface area contributed by atoms with Gasteiger partial charge < -0.3 is 10.3 Å². The number of benzene rings is 2. The molecule has 1 heterocycles. The van der Waals surface area contributed by atoms with Crippen molar-refractivity contribution in [3.63, 3.8) is 0 Å². The fourth-order valence-electron chi connectivity index (χ4n) is 3.29. The summed E-state index contributed by atoms with van der Waals surface area (Å²) in [4.78, 5) is 15.4. The molecule has 2 aromatic carbocycles. The molecule has 116 valence electrons. The number of carbonyl (C=O) groups is 1. The Bertz CT molecular complexity index is 822. The lowest BCUT2D eigenvalue weighted by Gasteiger charge is -2.05. The molecule has 0 unspecified atom stereocenters. The molecule has 1 amide bonds. The number of rotatable bonds is 5. The number of para-hydroxylation sites is 1. The minimum atomic E-state index is 0.152. The van der Waals surface area contributed by atoms with Crippen molar-refractivity contribution in [1.82, 2.24) is 10.3 Å². The third-order valence-corrected chi connectivity index (χ3v) is 4.66. The van der Waals surface area contributed by atoms with Crippen LogP contribution in [0.4, 0.5) is 0 Å². The van der Waals surface area contributed by atoms with E-state index in [1.54, 1.807) is 0 Å². The Balaban J connectivity index is 1.31. The van der Waals surface area contributed by atoms with Crippen LogP contribution in [0.15, 0.2) is 60.8 Å². The van der Waals surface area contributed by atoms with Gasteiger partial charge in [0.2, 0.25) is 5.91 Å². The van der Waals surface area contributed by atoms with Crippen molar-refractivity contribution in [2.24, 2.45) is 0 Å². The molecule has 4 rings (SSSR count). The summed E-state index contributed by atoms with van der Waals surface area (Å²) in [6.45, 7) is 0. The first-order chi connectivity index (χ1) is 11.3. The molecule has 0 bridgehead atoms. The lowest BCUT2D eigenvalue weighted by atomic mass is 10.1. The van der Waals surface area contributed by atoms with Gasteiger partial charge in [0.1, 0.15) is 0 Å². The van der Waals surface area contributed by atoms with Gasteiger partial charge in [-0.2, -0.15) is 0 Å². The van der Waals surface area contributed by atoms with E-state index in [0.717, 1.165) is 18.4 Å². The van der Waals surface area contributed by atoms with E-state index >= 15 is 0 Å². The molecule has 2 atom stereocenters. The normalized spacial score (nSPS) is 19.7. The fraction of sp³-hybridized carbons (Fsp3) is 0.250. The Morgan fingerprint density at radius 1 is 1.09 bits per heavy atom. The highest BCUT2D eigenvalue weighted by molar-refractivity contribution is 5.84. The highest BCUT2D eigenvalue weighted by Gasteiger charge is 2.39. The van der Waals surface area contributed by atoms with Crippen LogP contribution >= 0.6 is 0 Å². The first kappa shape index (κ1) is 14.1. The van der Waals surface area contributed by atoms with E-state index in [0.29, 0.717) is 18.4 Å². The largest absolute Gasteiger partial charge is 0.361 e. The quantitative estimate of drug-likeness (QED) is 0.740. The zero-order valence-corrected chi connectivity index (χ0v) is 13.0. The second-order valence-electron chi connectivity index (χ2n) is 6.29. The average Bonchev–Trinajstić information content (AvgIpc) is 3.23. The molecule has 1 aliphatic rings. The third kappa shape index (κ3) is 3.00. The Kier molecular flexibility index (Phi) is 3.62. The van der Waals surface area contributed by atoms with Gasteiger partial charge in [0.05, 0.1) is 0 Å². The Hall–Kier alpha value is -2.55. The molecule has 0 radical (unpaired) electrons. The molecule has 1 aromatic heterocycles. The Morgan fingerprint density at radius 3 is 2.74 bits per heavy atom. The number of hydrogen-bond acceptors (Lipinski definition) is 1. The van der Waals surface area contributed by atoms with Crippen molar-refractivity contribution >= 4 is 16.8 Å². The van der Waals surface area contributed by atoms with Gasteiger partial charge in [0.25, 0.3) is 0 Å². The number of fused-ring (bicyclic) bond motifs is 1. The highest BCUT2D eigenvalue weighted by atomic mass is 16.1. The second-order valence-corrected chi connectivity index (χ2v) is 6.29. The van der Waals surface area contributed by atoms with E-state index in [1.807, 2.05) is 24.4 Å². The number of aryl methyl sites for hydroxylation is 1. The molecule has 23 heavy (non-hydrogen) atoms. The molecule has 1 aliphatic carbocycles. The molecule has 3 heteroatoms. The van der Waals surface area contributed by atoms with Crippen molar-refractivity contribution in [2.45, 2.75) is 31.2 Å². The molecule has 3 nitrogen and oxygen atoms in total. The summed E-state index contributed by atoms with van der Waals surface area (Å²) >= 11 is 0. The Morgan fingerprint density at radius 2 is 1.87 bits per heavy atom. The first-order valence-electron chi connectivity index (χ1n) is 8.20. The topological polar surface area (TPSA) is 44.9 Å². The van der Waals surface area contributed by atoms with Crippen LogP contribution in [-0.4, -0.2) is 16.9 Å². The van der Waals surface area contributed by atoms with Gasteiger partial charge in [-0.3, -0.25) is 4.79 Å². The number of hydrogen-bond donors (Lipinski definition) is 2. The summed E-state index contributed by atoms with van der Waals surface area (Å²) in [7, 11) is 0. The maximum atomic E-state index is 12.2. The van der Waals surface area contributed by atoms with Gasteiger partial charge in [-0.15, -0.1) is 0 Å². The smallest absolute Gasteiger partial charge is 0.220 e. The average molecular weight is 304 g/mol. The summed E-state index contributed by atoms with van der Waals surface area (Å²) in [6, 6.07) is 19.0. The van der Waals surface area contributed by atoms with Crippen LogP contribution in [0.1, 0.15) is 29.9 Å². The fourth-order valence-corrected chi connectivity index (χ4v) is 3.29. The summed E-state index contributed by atoms with van der Waals surface area (Å²) < 4.78 is 0. The van der Waals surface area contributed by atoms with E-state index in [4.69, 9.17) is 0 Å². The van der Waals surface area contributed by atoms with Crippen LogP contribution in [-0.2, 0) is 11.2 Å². The van der Waals surface area contributed by atoms with Crippen molar-refractivity contribution in [2.75, 3.05) is 0 Å². The van der Waals surface area contributed by atoms with E-state index in [1.165, 1.54) is 16.5 Å². The molecular weight excluding hydrogens is 284 g/mol. The molecule has 0 saturated heterocycles. The molecular formula is C20H20N2O. The maximum Gasteiger partial charge on any atom is 0.220 e. The lowest BCUT2D eigenvalue weighted by molar-refractivity contribution is -0.121. The van der Waals surface area contributed by atoms with Crippen LogP contribution in [0.5, 0.6) is 0 Å². The predicted octanol–water partition coefficient (Wildman–Crippen LogP) is 3.77. The summed E-state index contributed by atoms with van der Waals surface area (Å²) in [6.07, 6.45) is 4.39. The zero-order valence-electron chi connectivity index (χ0n) is 13.0. The van der Waals surface area contributed by atoms with Crippen molar-refractivity contribution in [3.8, 4) is 0 Å². The van der Waals surface area contributed by atoms with Gasteiger partial charge in [0, 0.05) is 35.5 Å². The summed E-state index contributed by atoms with van der Waals surface area (Å²) in [5, 5.41) is 4.38. The molecule has 2 N–H and O–H groups in total. The van der Waals surface area contributed by atoms with Crippen LogP contribution in [0.25, 0.3) is 10.9 Å². The van der Waals surface area contributed by atoms with Gasteiger partial charge >= 0.3 is 0 Å². The van der Waals surface area contributed by atoms with Crippen molar-refractivity contribution < 1.29 is 4.79 Å². The molecule has 1 fully saturated rings. The number of aromatic nitrogens is 1.